The van der Waals surface area contributed by atoms with Crippen LogP contribution in [0.5, 0.6) is 0 Å². The van der Waals surface area contributed by atoms with Gasteiger partial charge >= 0.3 is 5.97 Å². The molecule has 6 heteroatoms. The molecule has 2 aromatic rings. The van der Waals surface area contributed by atoms with Gasteiger partial charge < -0.3 is 9.72 Å². The quantitative estimate of drug-likeness (QED) is 0.836. The summed E-state index contributed by atoms with van der Waals surface area (Å²) in [6, 6.07) is 9.26. The van der Waals surface area contributed by atoms with Crippen LogP contribution in [0.4, 0.5) is 0 Å². The Morgan fingerprint density at radius 2 is 2.32 bits per heavy atom. The Kier molecular flexibility index (Phi) is 3.88. The van der Waals surface area contributed by atoms with E-state index in [1.54, 1.807) is 25.1 Å². The lowest BCUT2D eigenvalue weighted by atomic mass is 10.1. The van der Waals surface area contributed by atoms with E-state index in [-0.39, 0.29) is 5.82 Å². The van der Waals surface area contributed by atoms with Gasteiger partial charge in [0, 0.05) is 6.42 Å². The molecule has 0 aliphatic heterocycles. The molecule has 0 aliphatic rings. The summed E-state index contributed by atoms with van der Waals surface area (Å²) in [6.07, 6.45) is 0.474. The predicted molar refractivity (Wildman–Crippen MR) is 66.3 cm³/mol. The van der Waals surface area contributed by atoms with E-state index < -0.39 is 5.97 Å². The average Bonchev–Trinajstić information content (AvgIpc) is 2.88. The highest BCUT2D eigenvalue weighted by molar-refractivity contribution is 5.84. The van der Waals surface area contributed by atoms with E-state index in [9.17, 15) is 4.79 Å². The van der Waals surface area contributed by atoms with E-state index in [0.717, 1.165) is 5.56 Å². The molecule has 2 rings (SSSR count). The summed E-state index contributed by atoms with van der Waals surface area (Å²) in [4.78, 5) is 14.2. The topological polar surface area (TPSA) is 91.7 Å². The van der Waals surface area contributed by atoms with Crippen LogP contribution in [-0.2, 0) is 11.2 Å². The average molecular weight is 256 g/mol. The zero-order valence-electron chi connectivity index (χ0n) is 10.4. The SMILES string of the molecule is CCOC(=O)c1nnc(Cc2cccc(C#N)c2)[nH]1. The molecule has 0 amide bonds. The number of hydrogen-bond donors (Lipinski definition) is 1. The van der Waals surface area contributed by atoms with Crippen LogP contribution in [0.1, 0.15) is 34.5 Å². The standard InChI is InChI=1S/C13H12N4O2/c1-2-19-13(18)12-15-11(16-17-12)7-9-4-3-5-10(6-9)8-14/h3-6H,2,7H2,1H3,(H,15,16,17). The van der Waals surface area contributed by atoms with E-state index in [4.69, 9.17) is 10.00 Å². The Bertz CT molecular complexity index is 628. The van der Waals surface area contributed by atoms with Gasteiger partial charge in [-0.1, -0.05) is 12.1 Å². The molecule has 0 fully saturated rings. The van der Waals surface area contributed by atoms with Gasteiger partial charge in [-0.15, -0.1) is 10.2 Å². The predicted octanol–water partition coefficient (Wildman–Crippen LogP) is 1.44. The van der Waals surface area contributed by atoms with Crippen molar-refractivity contribution in [3.05, 3.63) is 47.0 Å². The van der Waals surface area contributed by atoms with Crippen molar-refractivity contribution in [3.63, 3.8) is 0 Å². The number of esters is 1. The summed E-state index contributed by atoms with van der Waals surface area (Å²) in [5.74, 6) is 0.124. The molecule has 0 saturated carbocycles. The summed E-state index contributed by atoms with van der Waals surface area (Å²) >= 11 is 0. The Labute approximate surface area is 110 Å². The zero-order valence-corrected chi connectivity index (χ0v) is 10.4. The first-order valence-electron chi connectivity index (χ1n) is 5.80. The van der Waals surface area contributed by atoms with E-state index >= 15 is 0 Å². The van der Waals surface area contributed by atoms with Crippen molar-refractivity contribution < 1.29 is 9.53 Å². The third-order valence-corrected chi connectivity index (χ3v) is 2.43. The maximum Gasteiger partial charge on any atom is 0.376 e. The van der Waals surface area contributed by atoms with Crippen LogP contribution in [0.2, 0.25) is 0 Å². The number of nitrogens with one attached hydrogen (secondary N) is 1. The van der Waals surface area contributed by atoms with Gasteiger partial charge in [0.05, 0.1) is 18.2 Å². The number of rotatable bonds is 4. The molecule has 96 valence electrons. The van der Waals surface area contributed by atoms with E-state index in [0.29, 0.717) is 24.4 Å². The Morgan fingerprint density at radius 1 is 1.47 bits per heavy atom. The van der Waals surface area contributed by atoms with Crippen molar-refractivity contribution >= 4 is 5.97 Å². The van der Waals surface area contributed by atoms with Crippen LogP contribution in [0.25, 0.3) is 0 Å². The van der Waals surface area contributed by atoms with Crippen molar-refractivity contribution in [2.75, 3.05) is 6.61 Å². The van der Waals surface area contributed by atoms with Crippen LogP contribution in [0.15, 0.2) is 24.3 Å². The minimum Gasteiger partial charge on any atom is -0.460 e. The third kappa shape index (κ3) is 3.16. The minimum absolute atomic E-state index is 0.0910. The van der Waals surface area contributed by atoms with Crippen LogP contribution in [0, 0.1) is 11.3 Å². The second-order valence-corrected chi connectivity index (χ2v) is 3.83. The largest absolute Gasteiger partial charge is 0.460 e. The Balaban J connectivity index is 2.11. The Morgan fingerprint density at radius 3 is 3.05 bits per heavy atom. The first-order chi connectivity index (χ1) is 9.22. The number of nitriles is 1. The molecule has 0 radical (unpaired) electrons. The van der Waals surface area contributed by atoms with Gasteiger partial charge in [0.15, 0.2) is 0 Å². The Hall–Kier alpha value is -2.68. The van der Waals surface area contributed by atoms with Crippen molar-refractivity contribution in [2.24, 2.45) is 0 Å². The second-order valence-electron chi connectivity index (χ2n) is 3.83. The summed E-state index contributed by atoms with van der Waals surface area (Å²) in [5.41, 5.74) is 1.51. The lowest BCUT2D eigenvalue weighted by molar-refractivity contribution is 0.0512. The zero-order chi connectivity index (χ0) is 13.7. The summed E-state index contributed by atoms with van der Waals surface area (Å²) in [5, 5.41) is 16.4. The van der Waals surface area contributed by atoms with Gasteiger partial charge in [-0.05, 0) is 24.6 Å². The number of H-pyrrole nitrogens is 1. The first-order valence-corrected chi connectivity index (χ1v) is 5.80. The molecule has 6 nitrogen and oxygen atoms in total. The fourth-order valence-corrected chi connectivity index (χ4v) is 1.61. The van der Waals surface area contributed by atoms with Crippen LogP contribution < -0.4 is 0 Å². The molecular weight excluding hydrogens is 244 g/mol. The highest BCUT2D eigenvalue weighted by atomic mass is 16.5. The lowest BCUT2D eigenvalue weighted by Gasteiger charge is -1.98. The number of hydrogen-bond acceptors (Lipinski definition) is 5. The fraction of sp³-hybridized carbons (Fsp3) is 0.231. The van der Waals surface area contributed by atoms with Crippen LogP contribution in [0.3, 0.4) is 0 Å². The van der Waals surface area contributed by atoms with Crippen LogP contribution >= 0.6 is 0 Å². The highest BCUT2D eigenvalue weighted by Gasteiger charge is 2.12. The smallest absolute Gasteiger partial charge is 0.376 e. The summed E-state index contributed by atoms with van der Waals surface area (Å²) < 4.78 is 4.81. The normalized spacial score (nSPS) is 9.89. The maximum atomic E-state index is 11.4. The summed E-state index contributed by atoms with van der Waals surface area (Å²) in [6.45, 7) is 2.02. The van der Waals surface area contributed by atoms with E-state index in [1.165, 1.54) is 0 Å². The molecule has 1 N–H and O–H groups in total. The van der Waals surface area contributed by atoms with Gasteiger partial charge in [-0.3, -0.25) is 0 Å². The lowest BCUT2D eigenvalue weighted by Crippen LogP contribution is -2.06. The number of carbonyl (C=O) groups is 1. The van der Waals surface area contributed by atoms with Crippen molar-refractivity contribution in [1.82, 2.24) is 15.2 Å². The molecule has 19 heavy (non-hydrogen) atoms. The number of carbonyl (C=O) groups excluding carboxylic acids is 1. The second kappa shape index (κ2) is 5.78. The number of benzene rings is 1. The van der Waals surface area contributed by atoms with E-state index in [1.807, 2.05) is 6.07 Å². The molecule has 0 aliphatic carbocycles. The number of ether oxygens (including phenoxy) is 1. The van der Waals surface area contributed by atoms with Crippen molar-refractivity contribution in [2.45, 2.75) is 13.3 Å². The molecule has 0 bridgehead atoms. The van der Waals surface area contributed by atoms with Crippen molar-refractivity contribution in [3.8, 4) is 6.07 Å². The molecule has 0 spiro atoms. The number of aromatic amines is 1. The van der Waals surface area contributed by atoms with Gasteiger partial charge in [0.2, 0.25) is 5.82 Å². The molecule has 1 heterocycles. The van der Waals surface area contributed by atoms with Gasteiger partial charge in [0.25, 0.3) is 0 Å². The van der Waals surface area contributed by atoms with Crippen molar-refractivity contribution in [1.29, 1.82) is 5.26 Å². The molecule has 0 atom stereocenters. The molecule has 0 unspecified atom stereocenters. The molecule has 1 aromatic heterocycles. The van der Waals surface area contributed by atoms with Gasteiger partial charge in [-0.25, -0.2) is 4.79 Å². The van der Waals surface area contributed by atoms with E-state index in [2.05, 4.69) is 21.3 Å². The molecular formula is C13H12N4O2. The van der Waals surface area contributed by atoms with Gasteiger partial charge in [-0.2, -0.15) is 5.26 Å². The summed E-state index contributed by atoms with van der Waals surface area (Å²) in [7, 11) is 0. The number of nitrogens with zero attached hydrogens (tertiary/aromatic N) is 3. The fourth-order valence-electron chi connectivity index (χ4n) is 1.61. The monoisotopic (exact) mass is 256 g/mol. The van der Waals surface area contributed by atoms with Crippen LogP contribution in [-0.4, -0.2) is 27.8 Å². The first kappa shape index (κ1) is 12.8. The third-order valence-electron chi connectivity index (χ3n) is 2.43. The maximum absolute atomic E-state index is 11.4. The number of aromatic nitrogens is 3. The van der Waals surface area contributed by atoms with Gasteiger partial charge in [0.1, 0.15) is 5.82 Å². The molecule has 0 saturated heterocycles. The highest BCUT2D eigenvalue weighted by Crippen LogP contribution is 2.08. The molecule has 1 aromatic carbocycles. The minimum atomic E-state index is -0.521.